The fourth-order valence-corrected chi connectivity index (χ4v) is 1.25. The maximum absolute atomic E-state index is 9.33. The molecule has 0 heterocycles. The van der Waals surface area contributed by atoms with E-state index in [1.807, 2.05) is 0 Å². The molecule has 0 atom stereocenters. The van der Waals surface area contributed by atoms with Crippen LogP contribution in [-0.2, 0) is 5.79 Å². The zero-order valence-corrected chi connectivity index (χ0v) is 7.95. The fourth-order valence-electron chi connectivity index (χ4n) is 0.855. The fraction of sp³-hybridized carbons (Fsp3) is 0.250. The SMILES string of the molecule is NCC(O)(O)c1cccc(Br)c1. The van der Waals surface area contributed by atoms with Crippen LogP contribution < -0.4 is 5.73 Å². The molecular weight excluding hydrogens is 222 g/mol. The largest absolute Gasteiger partial charge is 0.361 e. The Labute approximate surface area is 79.0 Å². The van der Waals surface area contributed by atoms with Crippen LogP contribution in [0.15, 0.2) is 28.7 Å². The smallest absolute Gasteiger partial charge is 0.202 e. The molecule has 1 rings (SSSR count). The Morgan fingerprint density at radius 2 is 2.08 bits per heavy atom. The van der Waals surface area contributed by atoms with Gasteiger partial charge in [0.05, 0.1) is 6.54 Å². The number of aliphatic hydroxyl groups is 2. The highest BCUT2D eigenvalue weighted by atomic mass is 79.9. The summed E-state index contributed by atoms with van der Waals surface area (Å²) in [7, 11) is 0. The number of benzene rings is 1. The van der Waals surface area contributed by atoms with E-state index in [9.17, 15) is 10.2 Å². The maximum Gasteiger partial charge on any atom is 0.202 e. The van der Waals surface area contributed by atoms with E-state index in [0.29, 0.717) is 5.56 Å². The van der Waals surface area contributed by atoms with Gasteiger partial charge in [-0.1, -0.05) is 28.1 Å². The Bertz CT molecular complexity index is 276. The molecule has 66 valence electrons. The Morgan fingerprint density at radius 1 is 1.42 bits per heavy atom. The molecule has 0 aromatic heterocycles. The van der Waals surface area contributed by atoms with Crippen LogP contribution in [0.4, 0.5) is 0 Å². The molecule has 0 amide bonds. The zero-order chi connectivity index (χ0) is 9.19. The van der Waals surface area contributed by atoms with Crippen LogP contribution in [0.2, 0.25) is 0 Å². The minimum atomic E-state index is -1.93. The Hall–Kier alpha value is -0.420. The van der Waals surface area contributed by atoms with Gasteiger partial charge in [0, 0.05) is 10.0 Å². The summed E-state index contributed by atoms with van der Waals surface area (Å²) in [6.07, 6.45) is 0. The topological polar surface area (TPSA) is 66.5 Å². The van der Waals surface area contributed by atoms with Gasteiger partial charge in [-0.2, -0.15) is 0 Å². The predicted molar refractivity (Wildman–Crippen MR) is 49.3 cm³/mol. The van der Waals surface area contributed by atoms with Gasteiger partial charge in [0.1, 0.15) is 0 Å². The molecule has 3 nitrogen and oxygen atoms in total. The first-order chi connectivity index (χ1) is 5.56. The molecule has 0 aliphatic carbocycles. The number of hydrogen-bond donors (Lipinski definition) is 3. The van der Waals surface area contributed by atoms with E-state index in [-0.39, 0.29) is 6.54 Å². The molecular formula is C8H10BrNO2. The second kappa shape index (κ2) is 3.53. The van der Waals surface area contributed by atoms with Crippen molar-refractivity contribution >= 4 is 15.9 Å². The lowest BCUT2D eigenvalue weighted by Gasteiger charge is -2.19. The minimum Gasteiger partial charge on any atom is -0.361 e. The summed E-state index contributed by atoms with van der Waals surface area (Å²) in [6, 6.07) is 6.75. The maximum atomic E-state index is 9.33. The first-order valence-electron chi connectivity index (χ1n) is 3.47. The van der Waals surface area contributed by atoms with Crippen molar-refractivity contribution in [2.75, 3.05) is 6.54 Å². The molecule has 0 radical (unpaired) electrons. The van der Waals surface area contributed by atoms with Crippen molar-refractivity contribution in [3.8, 4) is 0 Å². The predicted octanol–water partition coefficient (Wildman–Crippen LogP) is 0.545. The molecule has 12 heavy (non-hydrogen) atoms. The molecule has 0 unspecified atom stereocenters. The van der Waals surface area contributed by atoms with Crippen LogP contribution in [0.25, 0.3) is 0 Å². The average molecular weight is 232 g/mol. The van der Waals surface area contributed by atoms with Gasteiger partial charge >= 0.3 is 0 Å². The molecule has 0 aliphatic heterocycles. The number of halogens is 1. The summed E-state index contributed by atoms with van der Waals surface area (Å²) in [5.41, 5.74) is 5.56. The van der Waals surface area contributed by atoms with Crippen molar-refractivity contribution in [3.63, 3.8) is 0 Å². The normalized spacial score (nSPS) is 11.7. The summed E-state index contributed by atoms with van der Waals surface area (Å²) in [5.74, 6) is -1.93. The van der Waals surface area contributed by atoms with Gasteiger partial charge in [0.2, 0.25) is 5.79 Å². The van der Waals surface area contributed by atoms with E-state index in [1.165, 1.54) is 0 Å². The summed E-state index contributed by atoms with van der Waals surface area (Å²) >= 11 is 3.22. The Morgan fingerprint density at radius 3 is 2.58 bits per heavy atom. The van der Waals surface area contributed by atoms with Gasteiger partial charge in [-0.3, -0.25) is 0 Å². The zero-order valence-electron chi connectivity index (χ0n) is 6.37. The quantitative estimate of drug-likeness (QED) is 0.652. The lowest BCUT2D eigenvalue weighted by atomic mass is 10.1. The third-order valence-electron chi connectivity index (χ3n) is 1.57. The van der Waals surface area contributed by atoms with Crippen molar-refractivity contribution in [2.24, 2.45) is 5.73 Å². The van der Waals surface area contributed by atoms with Gasteiger partial charge < -0.3 is 15.9 Å². The molecule has 4 heteroatoms. The van der Waals surface area contributed by atoms with Crippen molar-refractivity contribution in [2.45, 2.75) is 5.79 Å². The lowest BCUT2D eigenvalue weighted by molar-refractivity contribution is -0.160. The molecule has 0 fully saturated rings. The molecule has 1 aromatic rings. The van der Waals surface area contributed by atoms with Gasteiger partial charge in [-0.15, -0.1) is 0 Å². The monoisotopic (exact) mass is 231 g/mol. The van der Waals surface area contributed by atoms with Crippen LogP contribution in [-0.4, -0.2) is 16.8 Å². The number of nitrogens with two attached hydrogens (primary N) is 1. The van der Waals surface area contributed by atoms with Crippen LogP contribution in [0, 0.1) is 0 Å². The molecule has 0 aliphatic rings. The highest BCUT2D eigenvalue weighted by Crippen LogP contribution is 2.20. The van der Waals surface area contributed by atoms with Gasteiger partial charge in [-0.05, 0) is 12.1 Å². The first-order valence-corrected chi connectivity index (χ1v) is 4.26. The minimum absolute atomic E-state index is 0.219. The molecule has 0 bridgehead atoms. The second-order valence-corrected chi connectivity index (χ2v) is 3.45. The average Bonchev–Trinajstić information content (AvgIpc) is 2.05. The molecule has 0 saturated carbocycles. The van der Waals surface area contributed by atoms with Crippen LogP contribution in [0.5, 0.6) is 0 Å². The number of rotatable bonds is 2. The molecule has 1 aromatic carbocycles. The van der Waals surface area contributed by atoms with Crippen molar-refractivity contribution in [1.29, 1.82) is 0 Å². The van der Waals surface area contributed by atoms with E-state index in [0.717, 1.165) is 4.47 Å². The number of hydrogen-bond acceptors (Lipinski definition) is 3. The van der Waals surface area contributed by atoms with Crippen molar-refractivity contribution in [1.82, 2.24) is 0 Å². The molecule has 0 saturated heterocycles. The summed E-state index contributed by atoms with van der Waals surface area (Å²) in [5, 5.41) is 18.7. The highest BCUT2D eigenvalue weighted by molar-refractivity contribution is 9.10. The van der Waals surface area contributed by atoms with Gasteiger partial charge in [0.15, 0.2) is 0 Å². The van der Waals surface area contributed by atoms with Crippen LogP contribution in [0.1, 0.15) is 5.56 Å². The van der Waals surface area contributed by atoms with Crippen LogP contribution in [0.3, 0.4) is 0 Å². The van der Waals surface area contributed by atoms with E-state index >= 15 is 0 Å². The van der Waals surface area contributed by atoms with E-state index in [2.05, 4.69) is 15.9 Å². The second-order valence-electron chi connectivity index (χ2n) is 2.53. The lowest BCUT2D eigenvalue weighted by Crippen LogP contribution is -2.34. The molecule has 0 spiro atoms. The first kappa shape index (κ1) is 9.67. The Kier molecular flexibility index (Phi) is 2.85. The van der Waals surface area contributed by atoms with Crippen LogP contribution >= 0.6 is 15.9 Å². The van der Waals surface area contributed by atoms with E-state index in [1.54, 1.807) is 24.3 Å². The summed E-state index contributed by atoms with van der Waals surface area (Å²) in [4.78, 5) is 0. The summed E-state index contributed by atoms with van der Waals surface area (Å²) < 4.78 is 0.793. The van der Waals surface area contributed by atoms with E-state index < -0.39 is 5.79 Å². The third kappa shape index (κ3) is 2.04. The standard InChI is InChI=1S/C8H10BrNO2/c9-7-3-1-2-6(4-7)8(11,12)5-10/h1-4,11-12H,5,10H2. The van der Waals surface area contributed by atoms with Gasteiger partial charge in [-0.25, -0.2) is 0 Å². The van der Waals surface area contributed by atoms with Crippen molar-refractivity contribution in [3.05, 3.63) is 34.3 Å². The summed E-state index contributed by atoms with van der Waals surface area (Å²) in [6.45, 7) is -0.219. The van der Waals surface area contributed by atoms with Crippen molar-refractivity contribution < 1.29 is 10.2 Å². The highest BCUT2D eigenvalue weighted by Gasteiger charge is 2.23. The molecule has 4 N–H and O–H groups in total. The van der Waals surface area contributed by atoms with Gasteiger partial charge in [0.25, 0.3) is 0 Å². The third-order valence-corrected chi connectivity index (χ3v) is 2.06. The van der Waals surface area contributed by atoms with E-state index in [4.69, 9.17) is 5.73 Å². The Balaban J connectivity index is 3.03.